The highest BCUT2D eigenvalue weighted by molar-refractivity contribution is 5.68. The monoisotopic (exact) mass is 137 g/mol. The number of carbonyl (C=O) groups excluding carboxylic acids is 1. The Morgan fingerprint density at radius 1 is 1.80 bits per heavy atom. The lowest BCUT2D eigenvalue weighted by Crippen LogP contribution is -2.04. The lowest BCUT2D eigenvalue weighted by atomic mass is 10.7. The van der Waals surface area contributed by atoms with Crippen LogP contribution >= 0.6 is 0 Å². The van der Waals surface area contributed by atoms with E-state index in [4.69, 9.17) is 0 Å². The molecule has 0 amide bonds. The van der Waals surface area contributed by atoms with E-state index in [2.05, 4.69) is 20.9 Å². The minimum absolute atomic E-state index is 0.0370. The number of hydrogen-bond acceptors (Lipinski definition) is 4. The van der Waals surface area contributed by atoms with Crippen molar-refractivity contribution in [1.29, 1.82) is 0 Å². The zero-order valence-corrected chi connectivity index (χ0v) is 5.37. The number of rotatable bonds is 1. The molecule has 1 heterocycles. The van der Waals surface area contributed by atoms with E-state index in [0.29, 0.717) is 0 Å². The van der Waals surface area contributed by atoms with E-state index in [-0.39, 0.29) is 6.01 Å². The van der Waals surface area contributed by atoms with Crippen molar-refractivity contribution in [2.45, 2.75) is 6.92 Å². The van der Waals surface area contributed by atoms with Crippen LogP contribution < -0.4 is 4.74 Å². The number of ether oxygens (including phenoxy) is 1. The van der Waals surface area contributed by atoms with Gasteiger partial charge in [-0.1, -0.05) is 0 Å². The van der Waals surface area contributed by atoms with Gasteiger partial charge in [-0.3, -0.25) is 4.79 Å². The molecule has 0 spiro atoms. The summed E-state index contributed by atoms with van der Waals surface area (Å²) in [4.78, 5) is 17.5. The fraction of sp³-hybridized carbons (Fsp3) is 0.167. The van der Waals surface area contributed by atoms with E-state index in [1.807, 2.05) is 0 Å². The first-order valence-corrected chi connectivity index (χ1v) is 2.66. The van der Waals surface area contributed by atoms with Crippen molar-refractivity contribution < 1.29 is 9.53 Å². The van der Waals surface area contributed by atoms with Gasteiger partial charge < -0.3 is 4.74 Å². The van der Waals surface area contributed by atoms with Crippen LogP contribution in [0.3, 0.4) is 0 Å². The van der Waals surface area contributed by atoms with Crippen molar-refractivity contribution in [1.82, 2.24) is 9.97 Å². The van der Waals surface area contributed by atoms with Crippen LogP contribution in [0.2, 0.25) is 0 Å². The van der Waals surface area contributed by atoms with Gasteiger partial charge in [0.1, 0.15) is 0 Å². The van der Waals surface area contributed by atoms with E-state index in [1.54, 1.807) is 0 Å². The quantitative estimate of drug-likeness (QED) is 0.519. The third-order valence-electron chi connectivity index (χ3n) is 0.729. The van der Waals surface area contributed by atoms with Crippen molar-refractivity contribution in [3.8, 4) is 6.01 Å². The molecule has 0 aliphatic heterocycles. The fourth-order valence-electron chi connectivity index (χ4n) is 0.433. The molecule has 0 saturated carbocycles. The third kappa shape index (κ3) is 1.81. The molecular weight excluding hydrogens is 132 g/mol. The van der Waals surface area contributed by atoms with E-state index in [9.17, 15) is 4.79 Å². The zero-order valence-electron chi connectivity index (χ0n) is 5.37. The van der Waals surface area contributed by atoms with Crippen LogP contribution in [0.15, 0.2) is 12.3 Å². The molecule has 1 radical (unpaired) electrons. The van der Waals surface area contributed by atoms with Crippen molar-refractivity contribution >= 4 is 5.97 Å². The summed E-state index contributed by atoms with van der Waals surface area (Å²) in [6, 6.07) is 1.56. The lowest BCUT2D eigenvalue weighted by Gasteiger charge is -1.93. The Morgan fingerprint density at radius 2 is 2.60 bits per heavy atom. The number of aromatic nitrogens is 2. The van der Waals surface area contributed by atoms with Crippen LogP contribution in [0.5, 0.6) is 6.01 Å². The summed E-state index contributed by atoms with van der Waals surface area (Å²) in [5, 5.41) is 0. The van der Waals surface area contributed by atoms with Crippen molar-refractivity contribution in [3.63, 3.8) is 0 Å². The van der Waals surface area contributed by atoms with Gasteiger partial charge in [-0.15, -0.1) is 0 Å². The Balaban J connectivity index is 2.67. The third-order valence-corrected chi connectivity index (χ3v) is 0.729. The second-order valence-corrected chi connectivity index (χ2v) is 1.56. The summed E-state index contributed by atoms with van der Waals surface area (Å²) in [6.07, 6.45) is 3.93. The standard InChI is InChI=1S/C6H5N2O2/c1-5(9)10-6-7-3-2-4-8-6/h2-3H,1H3. The van der Waals surface area contributed by atoms with Crippen LogP contribution in [0, 0.1) is 6.20 Å². The van der Waals surface area contributed by atoms with Crippen molar-refractivity contribution in [2.24, 2.45) is 0 Å². The number of nitrogens with zero attached hydrogens (tertiary/aromatic N) is 2. The molecule has 0 aromatic carbocycles. The molecule has 4 nitrogen and oxygen atoms in total. The predicted octanol–water partition coefficient (Wildman–Crippen LogP) is 0.202. The average Bonchev–Trinajstić information content (AvgIpc) is 1.88. The molecule has 0 fully saturated rings. The first-order chi connectivity index (χ1) is 4.79. The van der Waals surface area contributed by atoms with E-state index < -0.39 is 5.97 Å². The molecule has 10 heavy (non-hydrogen) atoms. The lowest BCUT2D eigenvalue weighted by molar-refractivity contribution is -0.132. The Labute approximate surface area is 57.9 Å². The second kappa shape index (κ2) is 2.91. The highest BCUT2D eigenvalue weighted by Gasteiger charge is 1.96. The zero-order chi connectivity index (χ0) is 7.40. The summed E-state index contributed by atoms with van der Waals surface area (Å²) in [7, 11) is 0. The molecular formula is C6H5N2O2. The fourth-order valence-corrected chi connectivity index (χ4v) is 0.433. The molecule has 0 saturated heterocycles. The summed E-state index contributed by atoms with van der Waals surface area (Å²) < 4.78 is 4.52. The highest BCUT2D eigenvalue weighted by atomic mass is 16.5. The van der Waals surface area contributed by atoms with Gasteiger partial charge in [-0.05, 0) is 6.07 Å². The number of carbonyl (C=O) groups is 1. The average molecular weight is 137 g/mol. The molecule has 1 aromatic heterocycles. The van der Waals surface area contributed by atoms with Gasteiger partial charge in [0.25, 0.3) is 0 Å². The molecule has 0 bridgehead atoms. The smallest absolute Gasteiger partial charge is 0.324 e. The highest BCUT2D eigenvalue weighted by Crippen LogP contribution is 1.95. The van der Waals surface area contributed by atoms with Crippen LogP contribution in [0.1, 0.15) is 6.92 Å². The Kier molecular flexibility index (Phi) is 1.94. The molecule has 0 atom stereocenters. The van der Waals surface area contributed by atoms with Gasteiger partial charge in [-0.2, -0.15) is 4.98 Å². The Hall–Kier alpha value is -1.45. The molecule has 1 aromatic rings. The number of esters is 1. The van der Waals surface area contributed by atoms with E-state index >= 15 is 0 Å². The van der Waals surface area contributed by atoms with Gasteiger partial charge >= 0.3 is 12.0 Å². The normalized spacial score (nSPS) is 8.90. The SMILES string of the molecule is CC(=O)Oc1n[c]ccn1. The Morgan fingerprint density at radius 3 is 3.10 bits per heavy atom. The van der Waals surface area contributed by atoms with Crippen molar-refractivity contribution in [3.05, 3.63) is 18.5 Å². The van der Waals surface area contributed by atoms with Gasteiger partial charge in [0.2, 0.25) is 0 Å². The molecule has 4 heteroatoms. The summed E-state index contributed by atoms with van der Waals surface area (Å²) in [5.41, 5.74) is 0. The van der Waals surface area contributed by atoms with E-state index in [0.717, 1.165) is 0 Å². The van der Waals surface area contributed by atoms with Crippen LogP contribution in [-0.2, 0) is 4.79 Å². The maximum Gasteiger partial charge on any atom is 0.324 e. The molecule has 0 unspecified atom stereocenters. The minimum atomic E-state index is -0.431. The summed E-state index contributed by atoms with van der Waals surface area (Å²) in [5.74, 6) is -0.431. The maximum absolute atomic E-state index is 10.3. The van der Waals surface area contributed by atoms with Crippen LogP contribution in [0.4, 0.5) is 0 Å². The van der Waals surface area contributed by atoms with Crippen molar-refractivity contribution in [2.75, 3.05) is 0 Å². The van der Waals surface area contributed by atoms with E-state index in [1.165, 1.54) is 19.2 Å². The maximum atomic E-state index is 10.3. The minimum Gasteiger partial charge on any atom is -0.391 e. The first kappa shape index (κ1) is 6.67. The summed E-state index contributed by atoms with van der Waals surface area (Å²) >= 11 is 0. The molecule has 0 N–H and O–H groups in total. The molecule has 1 rings (SSSR count). The molecule has 0 aliphatic rings. The van der Waals surface area contributed by atoms with Crippen LogP contribution in [-0.4, -0.2) is 15.9 Å². The number of hydrogen-bond donors (Lipinski definition) is 0. The largest absolute Gasteiger partial charge is 0.391 e. The molecule has 51 valence electrons. The molecule has 0 aliphatic carbocycles. The van der Waals surface area contributed by atoms with Gasteiger partial charge in [0, 0.05) is 13.1 Å². The first-order valence-electron chi connectivity index (χ1n) is 2.66. The van der Waals surface area contributed by atoms with Gasteiger partial charge in [0.05, 0.1) is 6.20 Å². The summed E-state index contributed by atoms with van der Waals surface area (Å²) in [6.45, 7) is 1.29. The van der Waals surface area contributed by atoms with Gasteiger partial charge in [0.15, 0.2) is 0 Å². The Bertz CT molecular complexity index is 222. The van der Waals surface area contributed by atoms with Gasteiger partial charge in [-0.25, -0.2) is 4.98 Å². The second-order valence-electron chi connectivity index (χ2n) is 1.56. The van der Waals surface area contributed by atoms with Crippen LogP contribution in [0.25, 0.3) is 0 Å². The topological polar surface area (TPSA) is 52.1 Å². The predicted molar refractivity (Wildman–Crippen MR) is 32.2 cm³/mol.